The largest absolute Gasteiger partial charge is 0.510 e. The summed E-state index contributed by atoms with van der Waals surface area (Å²) in [5.74, 6) is 0.292. The van der Waals surface area contributed by atoms with Crippen molar-refractivity contribution in [3.63, 3.8) is 0 Å². The maximum Gasteiger partial charge on any atom is 0.510 e. The number of hydrogen-bond acceptors (Lipinski definition) is 6. The lowest BCUT2D eigenvalue weighted by atomic mass is 9.86. The van der Waals surface area contributed by atoms with Crippen LogP contribution in [0.1, 0.15) is 48.8 Å². The Bertz CT molecular complexity index is 958. The van der Waals surface area contributed by atoms with Gasteiger partial charge in [0, 0.05) is 12.6 Å². The lowest BCUT2D eigenvalue weighted by molar-refractivity contribution is 0.00350. The summed E-state index contributed by atoms with van der Waals surface area (Å²) in [6.45, 7) is 9.78. The van der Waals surface area contributed by atoms with Crippen molar-refractivity contribution >= 4 is 17.5 Å². The van der Waals surface area contributed by atoms with Gasteiger partial charge in [-0.2, -0.15) is 10.4 Å². The molecule has 7 nitrogen and oxygen atoms in total. The summed E-state index contributed by atoms with van der Waals surface area (Å²) < 4.78 is 16.7. The number of carbonyl (C=O) groups is 1. The van der Waals surface area contributed by atoms with Crippen LogP contribution >= 0.6 is 0 Å². The van der Waals surface area contributed by atoms with Gasteiger partial charge in [-0.1, -0.05) is 45.0 Å². The average Bonchev–Trinajstić information content (AvgIpc) is 2.92. The Hall–Kier alpha value is -3.27. The molecular weight excluding hydrogens is 370 g/mol. The smallest absolute Gasteiger partial charge is 0.454 e. The van der Waals surface area contributed by atoms with Crippen LogP contribution in [0.15, 0.2) is 24.3 Å². The summed E-state index contributed by atoms with van der Waals surface area (Å²) in [6.07, 6.45) is -0.865. The van der Waals surface area contributed by atoms with Gasteiger partial charge in [0.05, 0.1) is 12.8 Å². The van der Waals surface area contributed by atoms with E-state index < -0.39 is 12.9 Å². The molecule has 2 aromatic rings. The Balaban J connectivity index is 2.57. The van der Waals surface area contributed by atoms with E-state index in [9.17, 15) is 10.1 Å². The van der Waals surface area contributed by atoms with E-state index in [-0.39, 0.29) is 5.41 Å². The normalized spacial score (nSPS) is 12.1. The van der Waals surface area contributed by atoms with Crippen molar-refractivity contribution in [2.45, 2.75) is 40.0 Å². The summed E-state index contributed by atoms with van der Waals surface area (Å²) >= 11 is 0. The number of rotatable bonds is 5. The minimum absolute atomic E-state index is 0.00151. The number of ether oxygens (including phenoxy) is 3. The Labute approximate surface area is 171 Å². The van der Waals surface area contributed by atoms with Crippen LogP contribution in [-0.4, -0.2) is 29.8 Å². The number of carbonyl (C=O) groups excluding carboxylic acids is 1. The van der Waals surface area contributed by atoms with Crippen LogP contribution in [0.4, 0.5) is 4.79 Å². The molecule has 0 atom stereocenters. The second kappa shape index (κ2) is 8.82. The summed E-state index contributed by atoms with van der Waals surface area (Å²) in [4.78, 5) is 11.3. The van der Waals surface area contributed by atoms with Gasteiger partial charge in [0.15, 0.2) is 5.76 Å². The summed E-state index contributed by atoms with van der Waals surface area (Å²) in [5, 5.41) is 14.3. The van der Waals surface area contributed by atoms with E-state index in [0.29, 0.717) is 22.6 Å². The standard InChI is InChI=1S/C22H27N3O4/c1-14-15(2)24-25(6)19(14)20(28-13-29-21(26)27-7)18(12-23)16-8-10-17(11-9-16)22(3,4)5/h8-11H,13H2,1-7H3/b20-18-. The van der Waals surface area contributed by atoms with Crippen molar-refractivity contribution < 1.29 is 19.0 Å². The minimum Gasteiger partial charge on any atom is -0.454 e. The first-order valence-corrected chi connectivity index (χ1v) is 9.19. The Morgan fingerprint density at radius 2 is 1.79 bits per heavy atom. The van der Waals surface area contributed by atoms with Gasteiger partial charge in [-0.25, -0.2) is 4.79 Å². The zero-order valence-electron chi connectivity index (χ0n) is 18.0. The van der Waals surface area contributed by atoms with Gasteiger partial charge in [0.25, 0.3) is 0 Å². The van der Waals surface area contributed by atoms with Gasteiger partial charge >= 0.3 is 6.16 Å². The van der Waals surface area contributed by atoms with Crippen LogP contribution in [0, 0.1) is 25.2 Å². The third kappa shape index (κ3) is 4.96. The van der Waals surface area contributed by atoms with Crippen LogP contribution < -0.4 is 0 Å². The van der Waals surface area contributed by atoms with E-state index in [4.69, 9.17) is 9.47 Å². The van der Waals surface area contributed by atoms with Crippen molar-refractivity contribution in [3.05, 3.63) is 52.3 Å². The number of benzene rings is 1. The van der Waals surface area contributed by atoms with E-state index in [1.54, 1.807) is 11.7 Å². The fraction of sp³-hybridized carbons (Fsp3) is 0.409. The molecule has 1 aromatic carbocycles. The van der Waals surface area contributed by atoms with Crippen molar-refractivity contribution in [1.82, 2.24) is 9.78 Å². The number of aryl methyl sites for hydroxylation is 2. The number of hydrogen-bond donors (Lipinski definition) is 0. The quantitative estimate of drug-likeness (QED) is 0.320. The first kappa shape index (κ1) is 22.0. The summed E-state index contributed by atoms with van der Waals surface area (Å²) in [6, 6.07) is 10.0. The van der Waals surface area contributed by atoms with Crippen molar-refractivity contribution in [3.8, 4) is 6.07 Å². The van der Waals surface area contributed by atoms with Crippen LogP contribution in [0.3, 0.4) is 0 Å². The van der Waals surface area contributed by atoms with E-state index in [1.807, 2.05) is 38.1 Å². The molecule has 0 unspecified atom stereocenters. The average molecular weight is 397 g/mol. The fourth-order valence-corrected chi connectivity index (χ4v) is 2.92. The molecule has 1 heterocycles. The number of allylic oxidation sites excluding steroid dienone is 1. The van der Waals surface area contributed by atoms with E-state index in [1.165, 1.54) is 7.11 Å². The number of aromatic nitrogens is 2. The second-order valence-electron chi connectivity index (χ2n) is 7.69. The zero-order valence-corrected chi connectivity index (χ0v) is 18.0. The molecule has 0 saturated carbocycles. The molecule has 0 fully saturated rings. The maximum atomic E-state index is 11.3. The molecule has 7 heteroatoms. The topological polar surface area (TPSA) is 86.4 Å². The first-order chi connectivity index (χ1) is 13.6. The molecule has 0 aliphatic heterocycles. The third-order valence-electron chi connectivity index (χ3n) is 4.66. The molecule has 0 spiro atoms. The fourth-order valence-electron chi connectivity index (χ4n) is 2.92. The minimum atomic E-state index is -0.865. The Kier molecular flexibility index (Phi) is 6.70. The Morgan fingerprint density at radius 1 is 1.17 bits per heavy atom. The molecule has 0 aliphatic carbocycles. The van der Waals surface area contributed by atoms with Gasteiger partial charge in [-0.05, 0) is 30.4 Å². The van der Waals surface area contributed by atoms with Crippen molar-refractivity contribution in [2.75, 3.05) is 13.9 Å². The second-order valence-corrected chi connectivity index (χ2v) is 7.69. The molecule has 0 amide bonds. The van der Waals surface area contributed by atoms with Crippen molar-refractivity contribution in [2.24, 2.45) is 7.05 Å². The highest BCUT2D eigenvalue weighted by molar-refractivity contribution is 5.94. The molecule has 154 valence electrons. The third-order valence-corrected chi connectivity index (χ3v) is 4.66. The predicted octanol–water partition coefficient (Wildman–Crippen LogP) is 4.48. The van der Waals surface area contributed by atoms with Crippen LogP contribution in [0.25, 0.3) is 11.3 Å². The number of nitrogens with zero attached hydrogens (tertiary/aromatic N) is 3. The molecule has 29 heavy (non-hydrogen) atoms. The Morgan fingerprint density at radius 3 is 2.24 bits per heavy atom. The summed E-state index contributed by atoms with van der Waals surface area (Å²) in [5.41, 5.74) is 4.52. The van der Waals surface area contributed by atoms with Crippen LogP contribution in [0.2, 0.25) is 0 Å². The molecule has 0 aliphatic rings. The highest BCUT2D eigenvalue weighted by Gasteiger charge is 2.22. The zero-order chi connectivity index (χ0) is 21.8. The van der Waals surface area contributed by atoms with Gasteiger partial charge < -0.3 is 14.2 Å². The highest BCUT2D eigenvalue weighted by atomic mass is 16.8. The van der Waals surface area contributed by atoms with E-state index in [0.717, 1.165) is 16.8 Å². The van der Waals surface area contributed by atoms with Crippen LogP contribution in [0.5, 0.6) is 0 Å². The highest BCUT2D eigenvalue weighted by Crippen LogP contribution is 2.31. The SMILES string of the molecule is COC(=O)OCO/C(=C(/C#N)c1ccc(C(C)(C)C)cc1)c1c(C)c(C)nn1C. The molecule has 2 rings (SSSR count). The monoisotopic (exact) mass is 397 g/mol. The maximum absolute atomic E-state index is 11.3. The van der Waals surface area contributed by atoms with E-state index >= 15 is 0 Å². The molecule has 0 N–H and O–H groups in total. The molecular formula is C22H27N3O4. The van der Waals surface area contributed by atoms with Crippen LogP contribution in [-0.2, 0) is 26.7 Å². The predicted molar refractivity (Wildman–Crippen MR) is 110 cm³/mol. The lowest BCUT2D eigenvalue weighted by Crippen LogP contribution is -2.11. The molecule has 0 saturated heterocycles. The van der Waals surface area contributed by atoms with Gasteiger partial charge in [0.2, 0.25) is 6.79 Å². The van der Waals surface area contributed by atoms with Gasteiger partial charge in [-0.15, -0.1) is 0 Å². The van der Waals surface area contributed by atoms with Crippen molar-refractivity contribution in [1.29, 1.82) is 5.26 Å². The molecule has 0 radical (unpaired) electrons. The van der Waals surface area contributed by atoms with Gasteiger partial charge in [0.1, 0.15) is 17.3 Å². The van der Waals surface area contributed by atoms with E-state index in [2.05, 4.69) is 36.7 Å². The molecule has 0 bridgehead atoms. The van der Waals surface area contributed by atoms with Gasteiger partial charge in [-0.3, -0.25) is 4.68 Å². The molecule has 1 aromatic heterocycles. The first-order valence-electron chi connectivity index (χ1n) is 9.19. The lowest BCUT2D eigenvalue weighted by Gasteiger charge is -2.19. The number of nitriles is 1. The summed E-state index contributed by atoms with van der Waals surface area (Å²) in [7, 11) is 2.99. The number of methoxy groups -OCH3 is 1.